The Bertz CT molecular complexity index is 393. The Labute approximate surface area is 109 Å². The van der Waals surface area contributed by atoms with Crippen molar-refractivity contribution >= 4 is 17.5 Å². The molecule has 0 atom stereocenters. The molecule has 0 amide bonds. The summed E-state index contributed by atoms with van der Waals surface area (Å²) in [4.78, 5) is 12.1. The van der Waals surface area contributed by atoms with E-state index in [1.165, 1.54) is 5.69 Å². The van der Waals surface area contributed by atoms with Gasteiger partial charge in [0.05, 0.1) is 5.75 Å². The molecule has 0 saturated carbocycles. The summed E-state index contributed by atoms with van der Waals surface area (Å²) < 4.78 is 2.19. The van der Waals surface area contributed by atoms with Crippen LogP contribution in [0.3, 0.4) is 0 Å². The summed E-state index contributed by atoms with van der Waals surface area (Å²) in [5, 5.41) is 0. The molecule has 0 aliphatic carbocycles. The lowest BCUT2D eigenvalue weighted by Gasteiger charge is -2.06. The Morgan fingerprint density at radius 3 is 2.53 bits per heavy atom. The fourth-order valence-electron chi connectivity index (χ4n) is 2.04. The molecule has 1 aromatic rings. The summed E-state index contributed by atoms with van der Waals surface area (Å²) in [7, 11) is 0. The van der Waals surface area contributed by atoms with E-state index < -0.39 is 0 Å². The molecule has 1 aromatic heterocycles. The van der Waals surface area contributed by atoms with Gasteiger partial charge in [0, 0.05) is 23.5 Å². The van der Waals surface area contributed by atoms with Crippen molar-refractivity contribution in [2.75, 3.05) is 11.5 Å². The average molecular weight is 253 g/mol. The van der Waals surface area contributed by atoms with Crippen LogP contribution in [-0.2, 0) is 6.54 Å². The van der Waals surface area contributed by atoms with Crippen LogP contribution < -0.4 is 0 Å². The Kier molecular flexibility index (Phi) is 5.31. The maximum Gasteiger partial charge on any atom is 0.174 e. The molecular formula is C14H23NOS. The lowest BCUT2D eigenvalue weighted by atomic mass is 10.2. The summed E-state index contributed by atoms with van der Waals surface area (Å²) in [6, 6.07) is 2.02. The van der Waals surface area contributed by atoms with Crippen molar-refractivity contribution in [2.45, 2.75) is 41.2 Å². The molecule has 0 aromatic carbocycles. The summed E-state index contributed by atoms with van der Waals surface area (Å²) in [5.74, 6) is 2.57. The van der Waals surface area contributed by atoms with Gasteiger partial charge in [-0.15, -0.1) is 0 Å². The first-order chi connectivity index (χ1) is 7.97. The number of hydrogen-bond acceptors (Lipinski definition) is 2. The van der Waals surface area contributed by atoms with Crippen molar-refractivity contribution in [3.63, 3.8) is 0 Å². The van der Waals surface area contributed by atoms with Gasteiger partial charge < -0.3 is 4.57 Å². The van der Waals surface area contributed by atoms with Crippen molar-refractivity contribution in [3.8, 4) is 0 Å². The lowest BCUT2D eigenvalue weighted by Crippen LogP contribution is -2.07. The quantitative estimate of drug-likeness (QED) is 0.721. The zero-order chi connectivity index (χ0) is 13.0. The Balaban J connectivity index is 2.69. The van der Waals surface area contributed by atoms with Gasteiger partial charge in [0.25, 0.3) is 0 Å². The predicted molar refractivity (Wildman–Crippen MR) is 76.1 cm³/mol. The Morgan fingerprint density at radius 2 is 2.06 bits per heavy atom. The largest absolute Gasteiger partial charge is 0.349 e. The van der Waals surface area contributed by atoms with Crippen LogP contribution in [0, 0.1) is 19.8 Å². The second kappa shape index (κ2) is 6.29. The topological polar surface area (TPSA) is 22.0 Å². The molecule has 0 aliphatic rings. The highest BCUT2D eigenvalue weighted by atomic mass is 32.2. The van der Waals surface area contributed by atoms with Gasteiger partial charge in [0.15, 0.2) is 5.78 Å². The van der Waals surface area contributed by atoms with E-state index >= 15 is 0 Å². The number of aromatic nitrogens is 1. The number of hydrogen-bond donors (Lipinski definition) is 0. The van der Waals surface area contributed by atoms with Crippen LogP contribution in [0.1, 0.15) is 42.5 Å². The fraction of sp³-hybridized carbons (Fsp3) is 0.643. The molecule has 0 unspecified atom stereocenters. The summed E-state index contributed by atoms with van der Waals surface area (Å²) >= 11 is 1.74. The third-order valence-electron chi connectivity index (χ3n) is 2.87. The number of rotatable bonds is 6. The molecule has 0 radical (unpaired) electrons. The maximum absolute atomic E-state index is 12.1. The molecule has 0 spiro atoms. The van der Waals surface area contributed by atoms with E-state index in [1.54, 1.807) is 11.8 Å². The number of aryl methyl sites for hydroxylation is 1. The minimum absolute atomic E-state index is 0.267. The number of carbonyl (C=O) groups excluding carboxylic acids is 1. The van der Waals surface area contributed by atoms with Crippen LogP contribution in [-0.4, -0.2) is 21.9 Å². The summed E-state index contributed by atoms with van der Waals surface area (Å²) in [6.45, 7) is 11.5. The maximum atomic E-state index is 12.1. The van der Waals surface area contributed by atoms with Crippen LogP contribution in [0.2, 0.25) is 0 Å². The zero-order valence-corrected chi connectivity index (χ0v) is 12.4. The van der Waals surface area contributed by atoms with Gasteiger partial charge in [-0.3, -0.25) is 4.79 Å². The monoisotopic (exact) mass is 253 g/mol. The van der Waals surface area contributed by atoms with Crippen LogP contribution in [0.15, 0.2) is 6.07 Å². The third-order valence-corrected chi connectivity index (χ3v) is 4.24. The molecular weight excluding hydrogens is 230 g/mol. The van der Waals surface area contributed by atoms with E-state index in [0.29, 0.717) is 11.7 Å². The number of nitrogens with zero attached hydrogens (tertiary/aromatic N) is 1. The van der Waals surface area contributed by atoms with Gasteiger partial charge in [0.1, 0.15) is 0 Å². The van der Waals surface area contributed by atoms with Crippen molar-refractivity contribution < 1.29 is 4.79 Å². The van der Waals surface area contributed by atoms with Gasteiger partial charge in [-0.1, -0.05) is 13.8 Å². The molecule has 0 aliphatic heterocycles. The molecule has 17 heavy (non-hydrogen) atoms. The number of ketones is 1. The SMILES string of the molecule is CCn1c(C)cc(C(=O)CSCC(C)C)c1C. The van der Waals surface area contributed by atoms with Gasteiger partial charge in [-0.05, 0) is 38.5 Å². The first kappa shape index (κ1) is 14.4. The lowest BCUT2D eigenvalue weighted by molar-refractivity contribution is 0.102. The Hall–Kier alpha value is -0.700. The second-order valence-electron chi connectivity index (χ2n) is 4.86. The van der Waals surface area contributed by atoms with Gasteiger partial charge in [0.2, 0.25) is 0 Å². The molecule has 1 rings (SSSR count). The minimum atomic E-state index is 0.267. The minimum Gasteiger partial charge on any atom is -0.349 e. The van der Waals surface area contributed by atoms with Crippen LogP contribution in [0.4, 0.5) is 0 Å². The molecule has 0 N–H and O–H groups in total. The highest BCUT2D eigenvalue weighted by Gasteiger charge is 2.14. The standard InChI is InChI=1S/C14H23NOS/c1-6-15-11(4)7-13(12(15)5)14(16)9-17-8-10(2)3/h7,10H,6,8-9H2,1-5H3. The molecule has 2 nitrogen and oxygen atoms in total. The molecule has 96 valence electrons. The summed E-state index contributed by atoms with van der Waals surface area (Å²) in [6.07, 6.45) is 0. The van der Waals surface area contributed by atoms with Crippen molar-refractivity contribution in [1.82, 2.24) is 4.57 Å². The van der Waals surface area contributed by atoms with Crippen LogP contribution in [0.25, 0.3) is 0 Å². The molecule has 0 fully saturated rings. The van der Waals surface area contributed by atoms with E-state index in [4.69, 9.17) is 0 Å². The fourth-order valence-corrected chi connectivity index (χ4v) is 2.97. The van der Waals surface area contributed by atoms with Gasteiger partial charge >= 0.3 is 0 Å². The smallest absolute Gasteiger partial charge is 0.174 e. The van der Waals surface area contributed by atoms with Crippen molar-refractivity contribution in [2.24, 2.45) is 5.92 Å². The van der Waals surface area contributed by atoms with E-state index in [-0.39, 0.29) is 5.78 Å². The van der Waals surface area contributed by atoms with Crippen LogP contribution in [0.5, 0.6) is 0 Å². The number of thioether (sulfide) groups is 1. The third kappa shape index (κ3) is 3.63. The first-order valence-corrected chi connectivity index (χ1v) is 7.40. The highest BCUT2D eigenvalue weighted by molar-refractivity contribution is 7.99. The van der Waals surface area contributed by atoms with Crippen molar-refractivity contribution in [3.05, 3.63) is 23.0 Å². The van der Waals surface area contributed by atoms with Gasteiger partial charge in [-0.25, -0.2) is 0 Å². The predicted octanol–water partition coefficient (Wildman–Crippen LogP) is 3.70. The summed E-state index contributed by atoms with van der Waals surface area (Å²) in [5.41, 5.74) is 3.20. The van der Waals surface area contributed by atoms with Gasteiger partial charge in [-0.2, -0.15) is 11.8 Å². The molecule has 0 bridgehead atoms. The number of Topliss-reactive ketones (excluding diaryl/α,β-unsaturated/α-hetero) is 1. The normalized spacial score (nSPS) is 11.2. The zero-order valence-electron chi connectivity index (χ0n) is 11.5. The average Bonchev–Trinajstić information content (AvgIpc) is 2.53. The highest BCUT2D eigenvalue weighted by Crippen LogP contribution is 2.18. The van der Waals surface area contributed by atoms with E-state index in [2.05, 4.69) is 32.3 Å². The van der Waals surface area contributed by atoms with E-state index in [1.807, 2.05) is 13.0 Å². The van der Waals surface area contributed by atoms with E-state index in [9.17, 15) is 4.79 Å². The molecule has 1 heterocycles. The Morgan fingerprint density at radius 1 is 1.41 bits per heavy atom. The second-order valence-corrected chi connectivity index (χ2v) is 5.89. The van der Waals surface area contributed by atoms with E-state index in [0.717, 1.165) is 23.6 Å². The number of carbonyl (C=O) groups is 1. The molecule has 3 heteroatoms. The van der Waals surface area contributed by atoms with Crippen molar-refractivity contribution in [1.29, 1.82) is 0 Å². The van der Waals surface area contributed by atoms with Crippen LogP contribution >= 0.6 is 11.8 Å². The molecule has 0 saturated heterocycles. The first-order valence-electron chi connectivity index (χ1n) is 6.25.